The number of hydrogen-bond donors (Lipinski definition) is 0. The van der Waals surface area contributed by atoms with E-state index in [0.29, 0.717) is 24.2 Å². The van der Waals surface area contributed by atoms with Gasteiger partial charge >= 0.3 is 6.09 Å². The number of ether oxygens (including phenoxy) is 1. The van der Waals surface area contributed by atoms with E-state index in [-0.39, 0.29) is 29.9 Å². The van der Waals surface area contributed by atoms with Crippen molar-refractivity contribution in [3.8, 4) is 0 Å². The van der Waals surface area contributed by atoms with Gasteiger partial charge < -0.3 is 9.64 Å². The minimum atomic E-state index is -0.539. The van der Waals surface area contributed by atoms with Crippen LogP contribution in [0.2, 0.25) is 0 Å². The molecule has 0 aromatic heterocycles. The lowest BCUT2D eigenvalue weighted by Gasteiger charge is -2.41. The van der Waals surface area contributed by atoms with E-state index in [1.807, 2.05) is 20.8 Å². The molecule has 2 heterocycles. The minimum absolute atomic E-state index is 0.0344. The lowest BCUT2D eigenvalue weighted by molar-refractivity contribution is -0.00335. The summed E-state index contributed by atoms with van der Waals surface area (Å²) in [5.41, 5.74) is 0.336. The monoisotopic (exact) mass is 348 g/mol. The maximum absolute atomic E-state index is 13.8. The molecule has 5 nitrogen and oxygen atoms in total. The third-order valence-corrected chi connectivity index (χ3v) is 4.79. The van der Waals surface area contributed by atoms with Crippen molar-refractivity contribution in [1.29, 1.82) is 0 Å². The van der Waals surface area contributed by atoms with E-state index < -0.39 is 5.60 Å². The maximum Gasteiger partial charge on any atom is 0.410 e. The van der Waals surface area contributed by atoms with E-state index >= 15 is 0 Å². The van der Waals surface area contributed by atoms with Crippen LogP contribution >= 0.6 is 0 Å². The predicted octanol–water partition coefficient (Wildman–Crippen LogP) is 3.36. The molecule has 0 N–H and O–H groups in total. The summed E-state index contributed by atoms with van der Waals surface area (Å²) < 4.78 is 19.3. The first-order valence-electron chi connectivity index (χ1n) is 8.72. The van der Waals surface area contributed by atoms with E-state index in [2.05, 4.69) is 0 Å². The third kappa shape index (κ3) is 3.62. The molecule has 0 radical (unpaired) electrons. The number of likely N-dealkylation sites (tertiary alicyclic amines) is 1. The minimum Gasteiger partial charge on any atom is -0.444 e. The Balaban J connectivity index is 1.72. The number of nitrogens with zero attached hydrogens (tertiary/aromatic N) is 2. The number of piperazine rings is 1. The summed E-state index contributed by atoms with van der Waals surface area (Å²) >= 11 is 0. The number of benzene rings is 1. The molecular formula is C19H25FN2O3. The lowest BCUT2D eigenvalue weighted by atomic mass is 10.1. The van der Waals surface area contributed by atoms with E-state index in [4.69, 9.17) is 4.74 Å². The summed E-state index contributed by atoms with van der Waals surface area (Å²) in [4.78, 5) is 28.7. The Labute approximate surface area is 147 Å². The third-order valence-electron chi connectivity index (χ3n) is 4.79. The van der Waals surface area contributed by atoms with Crippen molar-refractivity contribution in [2.75, 3.05) is 13.1 Å². The van der Waals surface area contributed by atoms with E-state index in [1.54, 1.807) is 28.9 Å². The molecule has 2 bridgehead atoms. The summed E-state index contributed by atoms with van der Waals surface area (Å²) in [5.74, 6) is -0.555. The van der Waals surface area contributed by atoms with Crippen molar-refractivity contribution in [2.45, 2.75) is 58.2 Å². The number of fused-ring (bicyclic) bond motifs is 2. The molecule has 0 aliphatic carbocycles. The molecule has 2 saturated heterocycles. The van der Waals surface area contributed by atoms with E-state index in [0.717, 1.165) is 12.8 Å². The molecule has 2 unspecified atom stereocenters. The van der Waals surface area contributed by atoms with Gasteiger partial charge in [0.1, 0.15) is 11.4 Å². The van der Waals surface area contributed by atoms with Crippen LogP contribution in [0.5, 0.6) is 0 Å². The van der Waals surface area contributed by atoms with Crippen LogP contribution in [-0.2, 0) is 4.74 Å². The molecule has 2 atom stereocenters. The van der Waals surface area contributed by atoms with Crippen molar-refractivity contribution in [1.82, 2.24) is 9.80 Å². The zero-order chi connectivity index (χ0) is 18.4. The molecule has 0 saturated carbocycles. The first-order chi connectivity index (χ1) is 11.7. The van der Waals surface area contributed by atoms with Crippen LogP contribution in [0, 0.1) is 12.7 Å². The molecule has 25 heavy (non-hydrogen) atoms. The fraction of sp³-hybridized carbons (Fsp3) is 0.579. The molecule has 2 aliphatic heterocycles. The van der Waals surface area contributed by atoms with Gasteiger partial charge in [0.25, 0.3) is 5.91 Å². The zero-order valence-electron chi connectivity index (χ0n) is 15.2. The molecule has 2 fully saturated rings. The van der Waals surface area contributed by atoms with Crippen LogP contribution in [-0.4, -0.2) is 52.6 Å². The van der Waals surface area contributed by atoms with Crippen molar-refractivity contribution in [2.24, 2.45) is 0 Å². The Morgan fingerprint density at radius 2 is 1.76 bits per heavy atom. The molecule has 0 spiro atoms. The highest BCUT2D eigenvalue weighted by atomic mass is 19.1. The molecular weight excluding hydrogens is 323 g/mol. The van der Waals surface area contributed by atoms with Gasteiger partial charge in [0.05, 0.1) is 12.1 Å². The summed E-state index contributed by atoms with van der Waals surface area (Å²) in [6.07, 6.45) is 1.40. The Morgan fingerprint density at radius 3 is 2.28 bits per heavy atom. The van der Waals surface area contributed by atoms with Crippen LogP contribution in [0.4, 0.5) is 9.18 Å². The van der Waals surface area contributed by atoms with E-state index in [1.165, 1.54) is 6.07 Å². The Hall–Kier alpha value is -2.11. The number of aryl methyl sites for hydroxylation is 1. The Bertz CT molecular complexity index is 684. The first-order valence-corrected chi connectivity index (χ1v) is 8.72. The van der Waals surface area contributed by atoms with Gasteiger partial charge in [-0.05, 0) is 58.2 Å². The summed E-state index contributed by atoms with van der Waals surface area (Å²) in [5, 5.41) is 0. The van der Waals surface area contributed by atoms with Gasteiger partial charge in [0, 0.05) is 18.7 Å². The maximum atomic E-state index is 13.8. The molecule has 3 rings (SSSR count). The highest BCUT2D eigenvalue weighted by Gasteiger charge is 2.45. The largest absolute Gasteiger partial charge is 0.444 e. The standard InChI is InChI=1S/C19H25FN2O3/c1-12-5-6-13(9-16(12)20)17(23)21-10-14-7-8-15(11-21)22(14)18(24)25-19(2,3)4/h5-6,9,14-15H,7-8,10-11H2,1-4H3. The number of rotatable bonds is 1. The fourth-order valence-corrected chi connectivity index (χ4v) is 3.59. The lowest BCUT2D eigenvalue weighted by Crippen LogP contribution is -2.57. The Kier molecular flexibility index (Phi) is 4.47. The molecule has 2 amide bonds. The number of carbonyl (C=O) groups is 2. The number of amides is 2. The average molecular weight is 348 g/mol. The normalized spacial score (nSPS) is 22.9. The molecule has 1 aromatic carbocycles. The zero-order valence-corrected chi connectivity index (χ0v) is 15.2. The van der Waals surface area contributed by atoms with Crippen molar-refractivity contribution in [3.05, 3.63) is 35.1 Å². The highest BCUT2D eigenvalue weighted by Crippen LogP contribution is 2.32. The molecule has 6 heteroatoms. The fourth-order valence-electron chi connectivity index (χ4n) is 3.59. The second-order valence-corrected chi connectivity index (χ2v) is 7.95. The van der Waals surface area contributed by atoms with Gasteiger partial charge in [0.2, 0.25) is 0 Å². The number of hydrogen-bond acceptors (Lipinski definition) is 3. The van der Waals surface area contributed by atoms with Crippen molar-refractivity contribution in [3.63, 3.8) is 0 Å². The van der Waals surface area contributed by atoms with Gasteiger partial charge in [-0.1, -0.05) is 6.07 Å². The van der Waals surface area contributed by atoms with Crippen LogP contribution in [0.1, 0.15) is 49.5 Å². The number of halogens is 1. The summed E-state index contributed by atoms with van der Waals surface area (Å²) in [7, 11) is 0. The smallest absolute Gasteiger partial charge is 0.410 e. The summed E-state index contributed by atoms with van der Waals surface area (Å²) in [6, 6.07) is 4.50. The second kappa shape index (κ2) is 6.32. The van der Waals surface area contributed by atoms with Gasteiger partial charge in [-0.25, -0.2) is 9.18 Å². The molecule has 136 valence electrons. The average Bonchev–Trinajstić information content (AvgIpc) is 2.78. The predicted molar refractivity (Wildman–Crippen MR) is 91.9 cm³/mol. The summed E-state index contributed by atoms with van der Waals surface area (Å²) in [6.45, 7) is 8.13. The van der Waals surface area contributed by atoms with Crippen molar-refractivity contribution >= 4 is 12.0 Å². The van der Waals surface area contributed by atoms with E-state index in [9.17, 15) is 14.0 Å². The van der Waals surface area contributed by atoms with Gasteiger partial charge in [-0.15, -0.1) is 0 Å². The van der Waals surface area contributed by atoms with Gasteiger partial charge in [-0.2, -0.15) is 0 Å². The second-order valence-electron chi connectivity index (χ2n) is 7.95. The topological polar surface area (TPSA) is 49.9 Å². The first kappa shape index (κ1) is 17.7. The highest BCUT2D eigenvalue weighted by molar-refractivity contribution is 5.94. The van der Waals surface area contributed by atoms with Crippen LogP contribution < -0.4 is 0 Å². The molecule has 2 aliphatic rings. The van der Waals surface area contributed by atoms with Crippen LogP contribution in [0.3, 0.4) is 0 Å². The van der Waals surface area contributed by atoms with Crippen LogP contribution in [0.15, 0.2) is 18.2 Å². The quantitative estimate of drug-likeness (QED) is 0.782. The SMILES string of the molecule is Cc1ccc(C(=O)N2CC3CCC(C2)N3C(=O)OC(C)(C)C)cc1F. The van der Waals surface area contributed by atoms with Crippen molar-refractivity contribution < 1.29 is 18.7 Å². The Morgan fingerprint density at radius 1 is 1.16 bits per heavy atom. The van der Waals surface area contributed by atoms with Gasteiger partial charge in [0.15, 0.2) is 0 Å². The van der Waals surface area contributed by atoms with Crippen LogP contribution in [0.25, 0.3) is 0 Å². The molecule has 1 aromatic rings. The van der Waals surface area contributed by atoms with Gasteiger partial charge in [-0.3, -0.25) is 9.69 Å². The number of carbonyl (C=O) groups excluding carboxylic acids is 2.